The fourth-order valence-corrected chi connectivity index (χ4v) is 2.88. The molecule has 1 aliphatic rings. The van der Waals surface area contributed by atoms with Crippen molar-refractivity contribution in [3.05, 3.63) is 24.0 Å². The summed E-state index contributed by atoms with van der Waals surface area (Å²) in [6.45, 7) is 3.92. The molecule has 20 heavy (non-hydrogen) atoms. The van der Waals surface area contributed by atoms with Gasteiger partial charge in [0.15, 0.2) is 0 Å². The fraction of sp³-hybridized carbons (Fsp3) is 0.500. The maximum absolute atomic E-state index is 13.1. The molecule has 1 saturated heterocycles. The van der Waals surface area contributed by atoms with Crippen LogP contribution in [0.5, 0.6) is 5.75 Å². The Morgan fingerprint density at radius 2 is 2.05 bits per heavy atom. The van der Waals surface area contributed by atoms with Crippen molar-refractivity contribution in [3.63, 3.8) is 0 Å². The van der Waals surface area contributed by atoms with Gasteiger partial charge in [0.25, 0.3) is 9.05 Å². The molecule has 112 valence electrons. The van der Waals surface area contributed by atoms with Gasteiger partial charge in [-0.3, -0.25) is 4.90 Å². The maximum atomic E-state index is 13.1. The van der Waals surface area contributed by atoms with E-state index in [4.69, 9.17) is 20.2 Å². The largest absolute Gasteiger partial charge is 0.491 e. The first kappa shape index (κ1) is 15.5. The molecular weight excluding hydrogens is 309 g/mol. The summed E-state index contributed by atoms with van der Waals surface area (Å²) in [5, 5.41) is 0. The second-order valence-electron chi connectivity index (χ2n) is 4.33. The molecule has 5 nitrogen and oxygen atoms in total. The van der Waals surface area contributed by atoms with Crippen molar-refractivity contribution < 1.29 is 22.3 Å². The summed E-state index contributed by atoms with van der Waals surface area (Å²) in [7, 11) is 1.22. The highest BCUT2D eigenvalue weighted by molar-refractivity contribution is 8.13. The predicted octanol–water partition coefficient (Wildman–Crippen LogP) is 1.46. The van der Waals surface area contributed by atoms with E-state index in [1.807, 2.05) is 0 Å². The Labute approximate surface area is 121 Å². The molecule has 1 aromatic carbocycles. The summed E-state index contributed by atoms with van der Waals surface area (Å²) in [5.41, 5.74) is 0. The van der Waals surface area contributed by atoms with Crippen molar-refractivity contribution in [3.8, 4) is 5.75 Å². The van der Waals surface area contributed by atoms with Crippen LogP contribution in [0.1, 0.15) is 0 Å². The van der Waals surface area contributed by atoms with Crippen molar-refractivity contribution in [2.24, 2.45) is 0 Å². The van der Waals surface area contributed by atoms with Crippen LogP contribution in [-0.2, 0) is 13.8 Å². The number of halogens is 2. The van der Waals surface area contributed by atoms with Gasteiger partial charge in [-0.15, -0.1) is 0 Å². The molecule has 0 spiro atoms. The van der Waals surface area contributed by atoms with Crippen LogP contribution >= 0.6 is 10.7 Å². The molecule has 2 rings (SSSR count). The fourth-order valence-electron chi connectivity index (χ4n) is 1.90. The van der Waals surface area contributed by atoms with Gasteiger partial charge in [0.2, 0.25) is 0 Å². The Bertz CT molecular complexity index is 561. The van der Waals surface area contributed by atoms with Crippen LogP contribution in [0.25, 0.3) is 0 Å². The van der Waals surface area contributed by atoms with Crippen LogP contribution in [0.15, 0.2) is 23.1 Å². The lowest BCUT2D eigenvalue weighted by Crippen LogP contribution is -2.38. The van der Waals surface area contributed by atoms with Gasteiger partial charge in [0.05, 0.1) is 13.2 Å². The molecule has 1 aromatic rings. The van der Waals surface area contributed by atoms with E-state index in [1.54, 1.807) is 0 Å². The average molecular weight is 324 g/mol. The van der Waals surface area contributed by atoms with Crippen molar-refractivity contribution in [1.29, 1.82) is 0 Å². The smallest absolute Gasteiger partial charge is 0.265 e. The van der Waals surface area contributed by atoms with E-state index in [2.05, 4.69) is 4.90 Å². The first-order valence-electron chi connectivity index (χ1n) is 6.14. The number of nitrogens with zero attached hydrogens (tertiary/aromatic N) is 1. The molecular formula is C12H15ClFNO4S. The first-order chi connectivity index (χ1) is 9.47. The zero-order valence-electron chi connectivity index (χ0n) is 10.7. The van der Waals surface area contributed by atoms with E-state index in [0.29, 0.717) is 26.4 Å². The van der Waals surface area contributed by atoms with Crippen LogP contribution in [0.2, 0.25) is 0 Å². The third-order valence-electron chi connectivity index (χ3n) is 2.94. The summed E-state index contributed by atoms with van der Waals surface area (Å²) >= 11 is 0. The van der Waals surface area contributed by atoms with Gasteiger partial charge in [0, 0.05) is 30.3 Å². The number of morpholine rings is 1. The van der Waals surface area contributed by atoms with Crippen LogP contribution in [0.4, 0.5) is 4.39 Å². The molecule has 0 radical (unpaired) electrons. The van der Waals surface area contributed by atoms with Gasteiger partial charge in [-0.1, -0.05) is 0 Å². The lowest BCUT2D eigenvalue weighted by atomic mass is 10.3. The Hall–Kier alpha value is -0.890. The third-order valence-corrected chi connectivity index (χ3v) is 4.28. The quantitative estimate of drug-likeness (QED) is 0.768. The minimum absolute atomic E-state index is 0.0645. The minimum Gasteiger partial charge on any atom is -0.491 e. The van der Waals surface area contributed by atoms with E-state index in [0.717, 1.165) is 25.2 Å². The lowest BCUT2D eigenvalue weighted by molar-refractivity contribution is 0.0321. The average Bonchev–Trinajstić information content (AvgIpc) is 2.40. The normalized spacial score (nSPS) is 17.1. The molecule has 0 unspecified atom stereocenters. The predicted molar refractivity (Wildman–Crippen MR) is 72.2 cm³/mol. The van der Waals surface area contributed by atoms with E-state index in [9.17, 15) is 12.8 Å². The number of hydrogen-bond acceptors (Lipinski definition) is 5. The highest BCUT2D eigenvalue weighted by Gasteiger charge is 2.18. The molecule has 1 aliphatic heterocycles. The topological polar surface area (TPSA) is 55.8 Å². The van der Waals surface area contributed by atoms with Crippen molar-refractivity contribution in [2.45, 2.75) is 4.90 Å². The van der Waals surface area contributed by atoms with Crippen molar-refractivity contribution in [1.82, 2.24) is 4.90 Å². The van der Waals surface area contributed by atoms with Crippen LogP contribution in [0.3, 0.4) is 0 Å². The molecule has 0 bridgehead atoms. The Morgan fingerprint density at radius 3 is 2.70 bits per heavy atom. The molecule has 0 atom stereocenters. The summed E-state index contributed by atoms with van der Waals surface area (Å²) in [6.07, 6.45) is 0. The number of ether oxygens (including phenoxy) is 2. The van der Waals surface area contributed by atoms with E-state index in [1.165, 1.54) is 6.07 Å². The Kier molecular flexibility index (Phi) is 5.20. The SMILES string of the molecule is O=S(=O)(Cl)c1cc(F)ccc1OCCN1CCOCC1. The summed E-state index contributed by atoms with van der Waals surface area (Å²) < 4.78 is 46.4. The molecule has 0 saturated carbocycles. The molecule has 8 heteroatoms. The van der Waals surface area contributed by atoms with Crippen molar-refractivity contribution >= 4 is 19.7 Å². The van der Waals surface area contributed by atoms with Crippen LogP contribution < -0.4 is 4.74 Å². The highest BCUT2D eigenvalue weighted by Crippen LogP contribution is 2.27. The molecule has 1 fully saturated rings. The van der Waals surface area contributed by atoms with Gasteiger partial charge in [-0.2, -0.15) is 0 Å². The highest BCUT2D eigenvalue weighted by atomic mass is 35.7. The van der Waals surface area contributed by atoms with Gasteiger partial charge in [-0.05, 0) is 18.2 Å². The maximum Gasteiger partial charge on any atom is 0.265 e. The Morgan fingerprint density at radius 1 is 1.35 bits per heavy atom. The second-order valence-corrected chi connectivity index (χ2v) is 6.87. The zero-order valence-corrected chi connectivity index (χ0v) is 12.3. The second kappa shape index (κ2) is 6.71. The zero-order chi connectivity index (χ0) is 14.6. The Balaban J connectivity index is 1.98. The van der Waals surface area contributed by atoms with E-state index < -0.39 is 14.9 Å². The standard InChI is InChI=1S/C12H15ClFNO4S/c13-20(16,17)12-9-10(14)1-2-11(12)19-8-5-15-3-6-18-7-4-15/h1-2,9H,3-8H2. The molecule has 1 heterocycles. The monoisotopic (exact) mass is 323 g/mol. The summed E-state index contributed by atoms with van der Waals surface area (Å²) in [4.78, 5) is 1.79. The number of hydrogen-bond donors (Lipinski definition) is 0. The van der Waals surface area contributed by atoms with Crippen molar-refractivity contribution in [2.75, 3.05) is 39.5 Å². The van der Waals surface area contributed by atoms with Crippen LogP contribution in [0, 0.1) is 5.82 Å². The minimum atomic E-state index is -4.04. The van der Waals surface area contributed by atoms with Crippen LogP contribution in [-0.4, -0.2) is 52.8 Å². The van der Waals surface area contributed by atoms with Gasteiger partial charge in [0.1, 0.15) is 23.1 Å². The first-order valence-corrected chi connectivity index (χ1v) is 8.45. The molecule has 0 aliphatic carbocycles. The number of rotatable bonds is 5. The van der Waals surface area contributed by atoms with Gasteiger partial charge < -0.3 is 9.47 Å². The third kappa shape index (κ3) is 4.31. The molecule has 0 aromatic heterocycles. The van der Waals surface area contributed by atoms with Gasteiger partial charge >= 0.3 is 0 Å². The summed E-state index contributed by atoms with van der Waals surface area (Å²) in [5.74, 6) is -0.612. The lowest BCUT2D eigenvalue weighted by Gasteiger charge is -2.26. The summed E-state index contributed by atoms with van der Waals surface area (Å²) in [6, 6.07) is 3.26. The van der Waals surface area contributed by atoms with E-state index in [-0.39, 0.29) is 10.6 Å². The molecule has 0 N–H and O–H groups in total. The number of benzene rings is 1. The van der Waals surface area contributed by atoms with Gasteiger partial charge in [-0.25, -0.2) is 12.8 Å². The van der Waals surface area contributed by atoms with E-state index >= 15 is 0 Å². The molecule has 0 amide bonds.